The summed E-state index contributed by atoms with van der Waals surface area (Å²) >= 11 is 0. The van der Waals surface area contributed by atoms with E-state index < -0.39 is 46.8 Å². The molecule has 0 radical (unpaired) electrons. The number of hydrogen-bond donors (Lipinski definition) is 1. The minimum Gasteiger partial charge on any atom is -0.481 e. The average Bonchev–Trinajstić information content (AvgIpc) is 3.31. The molecule has 0 spiro atoms. The molecule has 31 heavy (non-hydrogen) atoms. The molecule has 3 rings (SSSR count). The molecule has 6 amide bonds. The van der Waals surface area contributed by atoms with Gasteiger partial charge in [0.25, 0.3) is 23.6 Å². The van der Waals surface area contributed by atoms with Gasteiger partial charge >= 0.3 is 5.97 Å². The van der Waals surface area contributed by atoms with Crippen molar-refractivity contribution in [2.24, 2.45) is 5.41 Å². The van der Waals surface area contributed by atoms with Crippen molar-refractivity contribution >= 4 is 41.4 Å². The van der Waals surface area contributed by atoms with Crippen molar-refractivity contribution in [1.82, 2.24) is 14.7 Å². The summed E-state index contributed by atoms with van der Waals surface area (Å²) in [6.07, 6.45) is 4.20. The summed E-state index contributed by atoms with van der Waals surface area (Å²) in [4.78, 5) is 87.2. The quantitative estimate of drug-likeness (QED) is 0.443. The average molecular weight is 431 g/mol. The van der Waals surface area contributed by atoms with Crippen molar-refractivity contribution in [3.05, 3.63) is 24.3 Å². The van der Waals surface area contributed by atoms with Gasteiger partial charge in [-0.05, 0) is 12.8 Å². The minimum absolute atomic E-state index is 0.0102. The van der Waals surface area contributed by atoms with Gasteiger partial charge in [0, 0.05) is 68.6 Å². The Morgan fingerprint density at radius 1 is 0.742 bits per heavy atom. The number of carboxylic acid groups (broad SMARTS) is 1. The van der Waals surface area contributed by atoms with Gasteiger partial charge in [0.05, 0.1) is 0 Å². The maximum absolute atomic E-state index is 12.3. The van der Waals surface area contributed by atoms with Crippen LogP contribution in [0.15, 0.2) is 24.3 Å². The predicted molar refractivity (Wildman–Crippen MR) is 102 cm³/mol. The Morgan fingerprint density at radius 3 is 1.52 bits per heavy atom. The van der Waals surface area contributed by atoms with Crippen molar-refractivity contribution in [2.45, 2.75) is 32.1 Å². The van der Waals surface area contributed by atoms with Gasteiger partial charge in [0.15, 0.2) is 0 Å². The van der Waals surface area contributed by atoms with E-state index >= 15 is 0 Å². The molecule has 11 heteroatoms. The second-order valence-electron chi connectivity index (χ2n) is 7.81. The van der Waals surface area contributed by atoms with Crippen molar-refractivity contribution in [3.63, 3.8) is 0 Å². The van der Waals surface area contributed by atoms with Crippen LogP contribution in [0.4, 0.5) is 0 Å². The monoisotopic (exact) mass is 431 g/mol. The molecule has 0 aromatic rings. The Bertz CT molecular complexity index is 830. The van der Waals surface area contributed by atoms with E-state index in [9.17, 15) is 33.6 Å². The van der Waals surface area contributed by atoms with Crippen molar-refractivity contribution in [2.75, 3.05) is 19.6 Å². The van der Waals surface area contributed by atoms with Gasteiger partial charge in [-0.3, -0.25) is 48.3 Å². The van der Waals surface area contributed by atoms with E-state index in [4.69, 9.17) is 5.11 Å². The van der Waals surface area contributed by atoms with E-state index in [0.717, 1.165) is 39.0 Å². The van der Waals surface area contributed by atoms with E-state index in [-0.39, 0.29) is 51.7 Å². The first-order valence-corrected chi connectivity index (χ1v) is 9.74. The van der Waals surface area contributed by atoms with Crippen LogP contribution in [-0.4, -0.2) is 80.9 Å². The molecule has 0 bridgehead atoms. The van der Waals surface area contributed by atoms with E-state index in [1.54, 1.807) is 0 Å². The highest BCUT2D eigenvalue weighted by atomic mass is 16.4. The first-order chi connectivity index (χ1) is 14.6. The zero-order valence-electron chi connectivity index (χ0n) is 16.6. The molecule has 0 aromatic carbocycles. The summed E-state index contributed by atoms with van der Waals surface area (Å²) in [7, 11) is 0. The Morgan fingerprint density at radius 2 is 1.13 bits per heavy atom. The molecule has 1 saturated heterocycles. The molecule has 1 N–H and O–H groups in total. The number of carbonyl (C=O) groups is 7. The highest BCUT2D eigenvalue weighted by Crippen LogP contribution is 2.33. The molecule has 3 aliphatic rings. The maximum Gasteiger partial charge on any atom is 0.303 e. The fourth-order valence-electron chi connectivity index (χ4n) is 3.98. The lowest BCUT2D eigenvalue weighted by molar-refractivity contribution is -0.145. The summed E-state index contributed by atoms with van der Waals surface area (Å²) in [6.45, 7) is -0.824. The Labute approximate surface area is 176 Å². The van der Waals surface area contributed by atoms with Gasteiger partial charge in [-0.1, -0.05) is 0 Å². The predicted octanol–water partition coefficient (Wildman–Crippen LogP) is -0.773. The number of aliphatic carboxylic acids is 1. The fourth-order valence-corrected chi connectivity index (χ4v) is 3.98. The Hall–Kier alpha value is -3.63. The van der Waals surface area contributed by atoms with Gasteiger partial charge in [0.2, 0.25) is 11.8 Å². The molecular formula is C20H21N3O8. The molecule has 11 nitrogen and oxygen atoms in total. The first kappa shape index (κ1) is 22.1. The third-order valence-electron chi connectivity index (χ3n) is 5.53. The summed E-state index contributed by atoms with van der Waals surface area (Å²) in [5.74, 6) is -4.39. The lowest BCUT2D eigenvalue weighted by Crippen LogP contribution is -2.54. The minimum atomic E-state index is -1.28. The summed E-state index contributed by atoms with van der Waals surface area (Å²) in [6, 6.07) is 0. The normalized spacial score (nSPS) is 19.0. The highest BCUT2D eigenvalue weighted by molar-refractivity contribution is 6.13. The SMILES string of the molecule is O=C(O)CCCC(CN1C(=O)C=CC1=O)(CN1C(=O)C=CC1=O)CN1C(=O)CCC1=O. The molecule has 0 unspecified atom stereocenters. The maximum atomic E-state index is 12.3. The standard InChI is InChI=1S/C20H21N3O8/c24-13-3-4-14(25)21(13)10-20(9-1-2-19(30)31,11-22-15(26)5-6-16(22)27)12-23-17(28)7-8-18(23)29/h3-6H,1-2,7-12H2,(H,30,31). The number of nitrogens with zero attached hydrogens (tertiary/aromatic N) is 3. The number of carboxylic acids is 1. The van der Waals surface area contributed by atoms with E-state index in [2.05, 4.69) is 0 Å². The topological polar surface area (TPSA) is 149 Å². The van der Waals surface area contributed by atoms with Crippen LogP contribution in [0.5, 0.6) is 0 Å². The second kappa shape index (κ2) is 8.62. The molecule has 1 fully saturated rings. The highest BCUT2D eigenvalue weighted by Gasteiger charge is 2.45. The molecule has 3 heterocycles. The lowest BCUT2D eigenvalue weighted by atomic mass is 9.80. The molecular weight excluding hydrogens is 410 g/mol. The molecule has 0 saturated carbocycles. The van der Waals surface area contributed by atoms with Crippen LogP contribution in [0.1, 0.15) is 32.1 Å². The van der Waals surface area contributed by atoms with Crippen LogP contribution >= 0.6 is 0 Å². The third kappa shape index (κ3) is 4.76. The van der Waals surface area contributed by atoms with E-state index in [0.29, 0.717) is 0 Å². The molecule has 3 aliphatic heterocycles. The molecule has 0 aromatic heterocycles. The summed E-state index contributed by atoms with van der Waals surface area (Å²) < 4.78 is 0. The van der Waals surface area contributed by atoms with Crippen LogP contribution in [-0.2, 0) is 33.6 Å². The zero-order valence-corrected chi connectivity index (χ0v) is 16.6. The largest absolute Gasteiger partial charge is 0.481 e. The van der Waals surface area contributed by atoms with Crippen LogP contribution in [0.2, 0.25) is 0 Å². The third-order valence-corrected chi connectivity index (χ3v) is 5.53. The number of imide groups is 3. The van der Waals surface area contributed by atoms with Crippen LogP contribution in [0.25, 0.3) is 0 Å². The number of likely N-dealkylation sites (tertiary alicyclic amines) is 1. The molecule has 0 atom stereocenters. The van der Waals surface area contributed by atoms with Crippen molar-refractivity contribution in [3.8, 4) is 0 Å². The van der Waals surface area contributed by atoms with Crippen molar-refractivity contribution < 1.29 is 38.7 Å². The van der Waals surface area contributed by atoms with E-state index in [1.807, 2.05) is 0 Å². The van der Waals surface area contributed by atoms with Gasteiger partial charge < -0.3 is 5.11 Å². The number of hydrogen-bond acceptors (Lipinski definition) is 7. The lowest BCUT2D eigenvalue weighted by Gasteiger charge is -2.40. The first-order valence-electron chi connectivity index (χ1n) is 9.74. The molecule has 164 valence electrons. The smallest absolute Gasteiger partial charge is 0.303 e. The summed E-state index contributed by atoms with van der Waals surface area (Å²) in [5.41, 5.74) is -1.28. The number of rotatable bonds is 10. The Kier molecular flexibility index (Phi) is 6.14. The van der Waals surface area contributed by atoms with Gasteiger partial charge in [-0.25, -0.2) is 0 Å². The fraction of sp³-hybridized carbons (Fsp3) is 0.450. The van der Waals surface area contributed by atoms with Crippen molar-refractivity contribution in [1.29, 1.82) is 0 Å². The van der Waals surface area contributed by atoms with Gasteiger partial charge in [0.1, 0.15) is 0 Å². The van der Waals surface area contributed by atoms with Gasteiger partial charge in [-0.2, -0.15) is 0 Å². The van der Waals surface area contributed by atoms with Crippen LogP contribution < -0.4 is 0 Å². The van der Waals surface area contributed by atoms with Crippen LogP contribution in [0, 0.1) is 5.41 Å². The van der Waals surface area contributed by atoms with Gasteiger partial charge in [-0.15, -0.1) is 0 Å². The molecule has 0 aliphatic carbocycles. The zero-order chi connectivity index (χ0) is 22.8. The number of amides is 6. The number of carbonyl (C=O) groups excluding carboxylic acids is 6. The summed E-state index contributed by atoms with van der Waals surface area (Å²) in [5, 5.41) is 9.04. The second-order valence-corrected chi connectivity index (χ2v) is 7.81. The van der Waals surface area contributed by atoms with Crippen LogP contribution in [0.3, 0.4) is 0 Å². The van der Waals surface area contributed by atoms with E-state index in [1.165, 1.54) is 0 Å². The Balaban J connectivity index is 1.96.